The van der Waals surface area contributed by atoms with E-state index in [9.17, 15) is 4.79 Å². The molecular formula is C15H18N4O4S. The Hall–Kier alpha value is -2.55. The fourth-order valence-electron chi connectivity index (χ4n) is 2.22. The van der Waals surface area contributed by atoms with Crippen LogP contribution in [0.5, 0.6) is 11.5 Å². The van der Waals surface area contributed by atoms with E-state index in [1.165, 1.54) is 0 Å². The quantitative estimate of drug-likeness (QED) is 0.809. The van der Waals surface area contributed by atoms with Gasteiger partial charge in [-0.15, -0.1) is 10.2 Å². The average molecular weight is 350 g/mol. The molecule has 0 aliphatic carbocycles. The molecule has 0 spiro atoms. The number of fused-ring (bicyclic) bond motifs is 1. The first kappa shape index (κ1) is 16.3. The minimum absolute atomic E-state index is 0.110. The molecule has 0 radical (unpaired) electrons. The second-order valence-corrected chi connectivity index (χ2v) is 7.15. The van der Waals surface area contributed by atoms with E-state index in [1.807, 2.05) is 0 Å². The highest BCUT2D eigenvalue weighted by atomic mass is 32.1. The van der Waals surface area contributed by atoms with Crippen LogP contribution in [0.2, 0.25) is 0 Å². The molecule has 128 valence electrons. The van der Waals surface area contributed by atoms with Crippen LogP contribution < -0.4 is 20.5 Å². The molecule has 1 aliphatic heterocycles. The first-order valence-electron chi connectivity index (χ1n) is 7.30. The predicted octanol–water partition coefficient (Wildman–Crippen LogP) is 2.34. The number of carbonyl (C=O) groups is 1. The lowest BCUT2D eigenvalue weighted by atomic mass is 10.0. The Balaban J connectivity index is 1.95. The normalized spacial score (nSPS) is 14.3. The molecule has 24 heavy (non-hydrogen) atoms. The second-order valence-electron chi connectivity index (χ2n) is 6.14. The van der Waals surface area contributed by atoms with E-state index >= 15 is 0 Å². The van der Waals surface area contributed by atoms with Crippen molar-refractivity contribution in [2.75, 3.05) is 17.8 Å². The number of aromatic nitrogens is 2. The van der Waals surface area contributed by atoms with Crippen LogP contribution >= 0.6 is 11.3 Å². The van der Waals surface area contributed by atoms with Gasteiger partial charge in [-0.2, -0.15) is 0 Å². The van der Waals surface area contributed by atoms with E-state index < -0.39 is 17.6 Å². The predicted molar refractivity (Wildman–Crippen MR) is 89.1 cm³/mol. The molecule has 1 atom stereocenters. The molecule has 3 N–H and O–H groups in total. The molecule has 0 saturated heterocycles. The molecule has 1 aromatic carbocycles. The summed E-state index contributed by atoms with van der Waals surface area (Å²) >= 11 is 1.14. The fourth-order valence-corrected chi connectivity index (χ4v) is 2.76. The van der Waals surface area contributed by atoms with E-state index in [4.69, 9.17) is 19.9 Å². The Kier molecular flexibility index (Phi) is 4.18. The van der Waals surface area contributed by atoms with Gasteiger partial charge in [-0.3, -0.25) is 0 Å². The van der Waals surface area contributed by atoms with Gasteiger partial charge in [-0.05, 0) is 26.8 Å². The van der Waals surface area contributed by atoms with Gasteiger partial charge in [0, 0.05) is 5.56 Å². The molecule has 0 fully saturated rings. The van der Waals surface area contributed by atoms with E-state index in [-0.39, 0.29) is 6.79 Å². The van der Waals surface area contributed by atoms with Crippen LogP contribution in [0.4, 0.5) is 10.3 Å². The van der Waals surface area contributed by atoms with Crippen molar-refractivity contribution in [2.45, 2.75) is 32.4 Å². The first-order chi connectivity index (χ1) is 11.3. The first-order valence-corrected chi connectivity index (χ1v) is 8.12. The molecule has 0 amide bonds. The molecule has 1 unspecified atom stereocenters. The van der Waals surface area contributed by atoms with Crippen molar-refractivity contribution in [3.63, 3.8) is 0 Å². The van der Waals surface area contributed by atoms with Gasteiger partial charge < -0.3 is 25.3 Å². The number of nitrogens with one attached hydrogen (secondary N) is 1. The summed E-state index contributed by atoms with van der Waals surface area (Å²) in [4.78, 5) is 12.7. The van der Waals surface area contributed by atoms with Crippen LogP contribution in [0.3, 0.4) is 0 Å². The van der Waals surface area contributed by atoms with E-state index in [0.717, 1.165) is 11.3 Å². The molecule has 3 rings (SSSR count). The number of nitrogens with two attached hydrogens (primary N) is 1. The molecule has 9 heteroatoms. The molecular weight excluding hydrogens is 332 g/mol. The Bertz CT molecular complexity index is 756. The maximum atomic E-state index is 12.7. The van der Waals surface area contributed by atoms with Gasteiger partial charge in [0.1, 0.15) is 5.60 Å². The minimum atomic E-state index is -0.826. The Morgan fingerprint density at radius 2 is 2.17 bits per heavy atom. The molecule has 2 aromatic rings. The Morgan fingerprint density at radius 3 is 2.83 bits per heavy atom. The maximum absolute atomic E-state index is 12.7. The monoisotopic (exact) mass is 350 g/mol. The summed E-state index contributed by atoms with van der Waals surface area (Å²) in [6.07, 6.45) is 0. The zero-order valence-electron chi connectivity index (χ0n) is 13.5. The zero-order valence-corrected chi connectivity index (χ0v) is 14.3. The molecule has 0 saturated carbocycles. The SMILES string of the molecule is CC(C)(C)OC(=O)C(Nc1nnc(N)s1)c1cccc2c1OCO2. The number of esters is 1. The third-order valence-corrected chi connectivity index (χ3v) is 3.77. The highest BCUT2D eigenvalue weighted by Gasteiger charge is 2.32. The highest BCUT2D eigenvalue weighted by molar-refractivity contribution is 7.18. The van der Waals surface area contributed by atoms with Gasteiger partial charge in [0.05, 0.1) is 0 Å². The summed E-state index contributed by atoms with van der Waals surface area (Å²) in [6.45, 7) is 5.53. The van der Waals surface area contributed by atoms with Crippen molar-refractivity contribution in [1.29, 1.82) is 0 Å². The van der Waals surface area contributed by atoms with E-state index in [0.29, 0.717) is 27.3 Å². The molecule has 1 aromatic heterocycles. The number of anilines is 2. The number of nitrogen functional groups attached to an aromatic ring is 1. The minimum Gasteiger partial charge on any atom is -0.458 e. The van der Waals surface area contributed by atoms with Crippen LogP contribution in [0.25, 0.3) is 0 Å². The van der Waals surface area contributed by atoms with Gasteiger partial charge >= 0.3 is 5.97 Å². The van der Waals surface area contributed by atoms with Crippen LogP contribution in [-0.2, 0) is 9.53 Å². The largest absolute Gasteiger partial charge is 0.458 e. The van der Waals surface area contributed by atoms with Crippen LogP contribution in [0, 0.1) is 0 Å². The molecule has 8 nitrogen and oxygen atoms in total. The lowest BCUT2D eigenvalue weighted by Gasteiger charge is -2.25. The number of hydrogen-bond donors (Lipinski definition) is 2. The van der Waals surface area contributed by atoms with Crippen molar-refractivity contribution in [1.82, 2.24) is 10.2 Å². The lowest BCUT2D eigenvalue weighted by Crippen LogP contribution is -2.31. The van der Waals surface area contributed by atoms with Crippen LogP contribution in [0.15, 0.2) is 18.2 Å². The number of ether oxygens (including phenoxy) is 3. The van der Waals surface area contributed by atoms with Gasteiger partial charge in [-0.1, -0.05) is 23.5 Å². The van der Waals surface area contributed by atoms with Gasteiger partial charge in [0.2, 0.25) is 17.1 Å². The zero-order chi connectivity index (χ0) is 17.3. The standard InChI is InChI=1S/C15H18N4O4S/c1-15(2,3)23-12(20)10(17-14-19-18-13(16)24-14)8-5-4-6-9-11(8)22-7-21-9/h4-6,10H,7H2,1-3H3,(H2,16,18)(H,17,19). The number of hydrogen-bond acceptors (Lipinski definition) is 9. The van der Waals surface area contributed by atoms with Crippen molar-refractivity contribution in [3.8, 4) is 11.5 Å². The smallest absolute Gasteiger partial charge is 0.334 e. The van der Waals surface area contributed by atoms with Crippen molar-refractivity contribution in [2.24, 2.45) is 0 Å². The molecule has 2 heterocycles. The maximum Gasteiger partial charge on any atom is 0.334 e. The summed E-state index contributed by atoms with van der Waals surface area (Å²) in [5.74, 6) is 0.637. The van der Waals surface area contributed by atoms with Crippen molar-refractivity contribution < 1.29 is 19.0 Å². The van der Waals surface area contributed by atoms with E-state index in [2.05, 4.69) is 15.5 Å². The summed E-state index contributed by atoms with van der Waals surface area (Å²) in [5, 5.41) is 11.4. The van der Waals surface area contributed by atoms with Crippen molar-refractivity contribution in [3.05, 3.63) is 23.8 Å². The highest BCUT2D eigenvalue weighted by Crippen LogP contribution is 2.40. The Morgan fingerprint density at radius 1 is 1.38 bits per heavy atom. The van der Waals surface area contributed by atoms with E-state index in [1.54, 1.807) is 39.0 Å². The Labute approximate surface area is 142 Å². The number of para-hydroxylation sites is 1. The summed E-state index contributed by atoms with van der Waals surface area (Å²) in [5.41, 5.74) is 5.58. The van der Waals surface area contributed by atoms with Crippen molar-refractivity contribution >= 4 is 27.6 Å². The van der Waals surface area contributed by atoms with Crippen LogP contribution in [-0.4, -0.2) is 28.6 Å². The topological polar surface area (TPSA) is 109 Å². The third kappa shape index (κ3) is 3.51. The van der Waals surface area contributed by atoms with Gasteiger partial charge in [0.15, 0.2) is 17.5 Å². The average Bonchev–Trinajstić information content (AvgIpc) is 3.11. The summed E-state index contributed by atoms with van der Waals surface area (Å²) in [7, 11) is 0. The second kappa shape index (κ2) is 6.16. The summed E-state index contributed by atoms with van der Waals surface area (Å²) < 4.78 is 16.4. The number of benzene rings is 1. The lowest BCUT2D eigenvalue weighted by molar-refractivity contribution is -0.156. The molecule has 1 aliphatic rings. The number of carbonyl (C=O) groups excluding carboxylic acids is 1. The molecule has 0 bridgehead atoms. The van der Waals surface area contributed by atoms with Gasteiger partial charge in [-0.25, -0.2) is 4.79 Å². The fraction of sp³-hybridized carbons (Fsp3) is 0.400. The third-order valence-electron chi connectivity index (χ3n) is 3.09. The van der Waals surface area contributed by atoms with Crippen LogP contribution in [0.1, 0.15) is 32.4 Å². The van der Waals surface area contributed by atoms with Gasteiger partial charge in [0.25, 0.3) is 0 Å². The summed E-state index contributed by atoms with van der Waals surface area (Å²) in [6, 6.07) is 4.52. The number of nitrogens with zero attached hydrogens (tertiary/aromatic N) is 2. The number of rotatable bonds is 4.